The van der Waals surface area contributed by atoms with Crippen molar-refractivity contribution in [3.63, 3.8) is 0 Å². The number of aromatic amines is 1. The van der Waals surface area contributed by atoms with Crippen LogP contribution in [0.5, 0.6) is 0 Å². The summed E-state index contributed by atoms with van der Waals surface area (Å²) in [5, 5.41) is 2.16. The number of fused-ring (bicyclic) bond motifs is 2. The molecule has 0 atom stereocenters. The summed E-state index contributed by atoms with van der Waals surface area (Å²) in [7, 11) is 0. The minimum absolute atomic E-state index is 0.797. The molecule has 0 radical (unpaired) electrons. The van der Waals surface area contributed by atoms with E-state index in [0.29, 0.717) is 0 Å². The summed E-state index contributed by atoms with van der Waals surface area (Å²) >= 11 is 0. The van der Waals surface area contributed by atoms with E-state index >= 15 is 0 Å². The zero-order valence-corrected chi connectivity index (χ0v) is 9.42. The second-order valence-electron chi connectivity index (χ2n) is 4.12. The predicted molar refractivity (Wildman–Crippen MR) is 69.1 cm³/mol. The Kier molecular flexibility index (Phi) is 1.80. The lowest BCUT2D eigenvalue weighted by Gasteiger charge is -1.95. The molecule has 0 spiro atoms. The number of nitrogens with zero attached hydrogens (tertiary/aromatic N) is 2. The lowest BCUT2D eigenvalue weighted by atomic mass is 10.1. The first kappa shape index (κ1) is 9.41. The fourth-order valence-electron chi connectivity index (χ4n) is 2.27. The summed E-state index contributed by atoms with van der Waals surface area (Å²) < 4.78 is 5.52. The Morgan fingerprint density at radius 3 is 3.06 bits per heavy atom. The highest BCUT2D eigenvalue weighted by molar-refractivity contribution is 6.02. The van der Waals surface area contributed by atoms with Crippen molar-refractivity contribution in [2.75, 3.05) is 0 Å². The van der Waals surface area contributed by atoms with Gasteiger partial charge in [-0.25, -0.2) is 4.98 Å². The van der Waals surface area contributed by atoms with Gasteiger partial charge in [0.15, 0.2) is 5.58 Å². The molecular weight excluding hydrogens is 226 g/mol. The van der Waals surface area contributed by atoms with E-state index in [1.165, 1.54) is 0 Å². The molecule has 0 aliphatic heterocycles. The molecular formula is C14H9N3O. The molecule has 86 valence electrons. The van der Waals surface area contributed by atoms with Crippen LogP contribution in [0, 0.1) is 0 Å². The van der Waals surface area contributed by atoms with E-state index in [-0.39, 0.29) is 0 Å². The zero-order chi connectivity index (χ0) is 11.9. The third kappa shape index (κ3) is 1.20. The molecule has 4 aromatic rings. The van der Waals surface area contributed by atoms with E-state index in [0.717, 1.165) is 33.1 Å². The van der Waals surface area contributed by atoms with E-state index in [4.69, 9.17) is 4.42 Å². The van der Waals surface area contributed by atoms with Crippen molar-refractivity contribution in [3.05, 3.63) is 49.2 Å². The standard InChI is InChI=1S/C14H9N3O/c1-2-10-11(6-17-14(10)16-4-1)12-8-18-13-7-15-5-3-9(12)13/h1-8H,(H,16,17). The van der Waals surface area contributed by atoms with Crippen LogP contribution in [-0.2, 0) is 0 Å². The minimum Gasteiger partial charge on any atom is -0.462 e. The van der Waals surface area contributed by atoms with Crippen LogP contribution in [0.4, 0.5) is 0 Å². The third-order valence-electron chi connectivity index (χ3n) is 3.12. The summed E-state index contributed by atoms with van der Waals surface area (Å²) in [6.07, 6.45) is 9.00. The first-order valence-corrected chi connectivity index (χ1v) is 5.67. The van der Waals surface area contributed by atoms with Crippen LogP contribution in [0.25, 0.3) is 33.1 Å². The van der Waals surface area contributed by atoms with Gasteiger partial charge >= 0.3 is 0 Å². The smallest absolute Gasteiger partial charge is 0.152 e. The van der Waals surface area contributed by atoms with Crippen LogP contribution in [0.15, 0.2) is 53.7 Å². The number of nitrogens with one attached hydrogen (secondary N) is 1. The second-order valence-corrected chi connectivity index (χ2v) is 4.12. The Labute approximate surface area is 102 Å². The number of rotatable bonds is 1. The molecule has 1 N–H and O–H groups in total. The number of furan rings is 1. The van der Waals surface area contributed by atoms with Gasteiger partial charge in [-0.05, 0) is 18.2 Å². The molecule has 4 nitrogen and oxygen atoms in total. The minimum atomic E-state index is 0.797. The number of hydrogen-bond donors (Lipinski definition) is 1. The van der Waals surface area contributed by atoms with E-state index in [2.05, 4.69) is 15.0 Å². The molecule has 4 rings (SSSR count). The highest BCUT2D eigenvalue weighted by Gasteiger charge is 2.12. The maximum absolute atomic E-state index is 5.52. The molecule has 4 aromatic heterocycles. The van der Waals surface area contributed by atoms with E-state index < -0.39 is 0 Å². The summed E-state index contributed by atoms with van der Waals surface area (Å²) in [5.41, 5.74) is 3.84. The Morgan fingerprint density at radius 2 is 2.06 bits per heavy atom. The van der Waals surface area contributed by atoms with Crippen LogP contribution in [0.1, 0.15) is 0 Å². The molecule has 18 heavy (non-hydrogen) atoms. The number of hydrogen-bond acceptors (Lipinski definition) is 3. The van der Waals surface area contributed by atoms with Crippen molar-refractivity contribution < 1.29 is 4.42 Å². The summed E-state index contributed by atoms with van der Waals surface area (Å²) in [6.45, 7) is 0. The SMILES string of the molecule is c1cnc2[nH]cc(-c3coc4cnccc34)c2c1. The maximum atomic E-state index is 5.52. The van der Waals surface area contributed by atoms with E-state index in [9.17, 15) is 0 Å². The number of aromatic nitrogens is 3. The molecule has 0 saturated carbocycles. The lowest BCUT2D eigenvalue weighted by Crippen LogP contribution is -1.75. The van der Waals surface area contributed by atoms with Gasteiger partial charge < -0.3 is 9.40 Å². The fourth-order valence-corrected chi connectivity index (χ4v) is 2.27. The molecule has 0 bridgehead atoms. The van der Waals surface area contributed by atoms with Gasteiger partial charge in [0.25, 0.3) is 0 Å². The lowest BCUT2D eigenvalue weighted by molar-refractivity contribution is 0.615. The fraction of sp³-hybridized carbons (Fsp3) is 0. The van der Waals surface area contributed by atoms with Gasteiger partial charge in [-0.3, -0.25) is 4.98 Å². The van der Waals surface area contributed by atoms with E-state index in [1.807, 2.05) is 24.4 Å². The van der Waals surface area contributed by atoms with Gasteiger partial charge in [-0.1, -0.05) is 0 Å². The molecule has 0 amide bonds. The van der Waals surface area contributed by atoms with Crippen molar-refractivity contribution in [1.29, 1.82) is 0 Å². The highest BCUT2D eigenvalue weighted by atomic mass is 16.3. The maximum Gasteiger partial charge on any atom is 0.152 e. The topological polar surface area (TPSA) is 54.7 Å². The summed E-state index contributed by atoms with van der Waals surface area (Å²) in [5.74, 6) is 0. The van der Waals surface area contributed by atoms with Crippen LogP contribution < -0.4 is 0 Å². The first-order valence-electron chi connectivity index (χ1n) is 5.67. The molecule has 0 saturated heterocycles. The molecule has 0 aliphatic carbocycles. The highest BCUT2D eigenvalue weighted by Crippen LogP contribution is 2.34. The molecule has 0 aliphatic rings. The average molecular weight is 235 g/mol. The molecule has 0 aromatic carbocycles. The zero-order valence-electron chi connectivity index (χ0n) is 9.42. The van der Waals surface area contributed by atoms with E-state index in [1.54, 1.807) is 24.9 Å². The quantitative estimate of drug-likeness (QED) is 0.550. The number of pyridine rings is 2. The third-order valence-corrected chi connectivity index (χ3v) is 3.12. The van der Waals surface area contributed by atoms with Gasteiger partial charge in [0, 0.05) is 40.5 Å². The van der Waals surface area contributed by atoms with Crippen LogP contribution in [-0.4, -0.2) is 15.0 Å². The van der Waals surface area contributed by atoms with Gasteiger partial charge in [0.2, 0.25) is 0 Å². The van der Waals surface area contributed by atoms with Crippen LogP contribution in [0.3, 0.4) is 0 Å². The Hall–Kier alpha value is -2.62. The van der Waals surface area contributed by atoms with Gasteiger partial charge in [-0.15, -0.1) is 0 Å². The number of H-pyrrole nitrogens is 1. The predicted octanol–water partition coefficient (Wildman–Crippen LogP) is 3.37. The molecule has 4 heteroatoms. The van der Waals surface area contributed by atoms with Crippen LogP contribution >= 0.6 is 0 Å². The Morgan fingerprint density at radius 1 is 1.06 bits per heavy atom. The van der Waals surface area contributed by atoms with Crippen molar-refractivity contribution in [2.45, 2.75) is 0 Å². The average Bonchev–Trinajstić information content (AvgIpc) is 3.01. The molecule has 0 unspecified atom stereocenters. The van der Waals surface area contributed by atoms with Crippen molar-refractivity contribution in [1.82, 2.24) is 15.0 Å². The summed E-state index contributed by atoms with van der Waals surface area (Å²) in [6, 6.07) is 5.95. The summed E-state index contributed by atoms with van der Waals surface area (Å²) in [4.78, 5) is 11.5. The second kappa shape index (κ2) is 3.43. The first-order chi connectivity index (χ1) is 8.93. The van der Waals surface area contributed by atoms with Crippen LogP contribution in [0.2, 0.25) is 0 Å². The van der Waals surface area contributed by atoms with Gasteiger partial charge in [0.05, 0.1) is 12.5 Å². The monoisotopic (exact) mass is 235 g/mol. The Balaban J connectivity index is 2.08. The molecule has 0 fully saturated rings. The molecule has 4 heterocycles. The normalized spacial score (nSPS) is 11.3. The van der Waals surface area contributed by atoms with Gasteiger partial charge in [-0.2, -0.15) is 0 Å². The van der Waals surface area contributed by atoms with Crippen molar-refractivity contribution in [3.8, 4) is 11.1 Å². The van der Waals surface area contributed by atoms with Crippen molar-refractivity contribution in [2.24, 2.45) is 0 Å². The van der Waals surface area contributed by atoms with Gasteiger partial charge in [0.1, 0.15) is 5.65 Å². The Bertz CT molecular complexity index is 772. The van der Waals surface area contributed by atoms with Crippen molar-refractivity contribution >= 4 is 22.0 Å². The largest absolute Gasteiger partial charge is 0.462 e.